The van der Waals surface area contributed by atoms with Crippen molar-refractivity contribution in [2.75, 3.05) is 6.61 Å². The van der Waals surface area contributed by atoms with Crippen LogP contribution in [0.5, 0.6) is 11.5 Å². The van der Waals surface area contributed by atoms with Gasteiger partial charge in [-0.05, 0) is 53.8 Å². The van der Waals surface area contributed by atoms with Crippen molar-refractivity contribution in [3.8, 4) is 11.5 Å². The smallest absolute Gasteiger partial charge is 0.277 e. The van der Waals surface area contributed by atoms with Crippen molar-refractivity contribution in [2.45, 2.75) is 13.5 Å². The number of carbonyl (C=O) groups excluding carboxylic acids is 1. The van der Waals surface area contributed by atoms with Crippen molar-refractivity contribution in [2.24, 2.45) is 5.10 Å². The van der Waals surface area contributed by atoms with Crippen LogP contribution in [0.4, 0.5) is 0 Å². The number of nitrogens with zero attached hydrogens (tertiary/aromatic N) is 1. The summed E-state index contributed by atoms with van der Waals surface area (Å²) in [6, 6.07) is 29.4. The van der Waals surface area contributed by atoms with Gasteiger partial charge < -0.3 is 9.47 Å². The maximum atomic E-state index is 12.1. The maximum Gasteiger partial charge on any atom is 0.277 e. The van der Waals surface area contributed by atoms with E-state index in [1.54, 1.807) is 6.21 Å². The van der Waals surface area contributed by atoms with Crippen LogP contribution < -0.4 is 14.9 Å². The molecule has 1 amide bonds. The second-order valence-corrected chi connectivity index (χ2v) is 7.40. The van der Waals surface area contributed by atoms with Crippen molar-refractivity contribution >= 4 is 22.9 Å². The number of nitrogens with one attached hydrogen (secondary N) is 1. The molecule has 0 saturated carbocycles. The Kier molecular flexibility index (Phi) is 6.78. The molecule has 0 radical (unpaired) electrons. The lowest BCUT2D eigenvalue weighted by molar-refractivity contribution is -0.123. The van der Waals surface area contributed by atoms with Crippen molar-refractivity contribution in [3.05, 3.63) is 108 Å². The van der Waals surface area contributed by atoms with Gasteiger partial charge in [-0.1, -0.05) is 66.2 Å². The zero-order valence-electron chi connectivity index (χ0n) is 17.8. The molecule has 32 heavy (non-hydrogen) atoms. The van der Waals surface area contributed by atoms with Crippen molar-refractivity contribution in [3.63, 3.8) is 0 Å². The van der Waals surface area contributed by atoms with E-state index >= 15 is 0 Å². The van der Waals surface area contributed by atoms with Crippen LogP contribution in [0.15, 0.2) is 96.1 Å². The molecule has 4 rings (SSSR count). The predicted molar refractivity (Wildman–Crippen MR) is 127 cm³/mol. The van der Waals surface area contributed by atoms with Gasteiger partial charge in [0.15, 0.2) is 6.61 Å². The summed E-state index contributed by atoms with van der Waals surface area (Å²) in [5.74, 6) is 1.12. The number of hydrogen-bond donors (Lipinski definition) is 1. The molecule has 0 atom stereocenters. The number of amides is 1. The fourth-order valence-electron chi connectivity index (χ4n) is 3.18. The first-order valence-electron chi connectivity index (χ1n) is 10.4. The average molecular weight is 425 g/mol. The summed E-state index contributed by atoms with van der Waals surface area (Å²) in [4.78, 5) is 12.1. The van der Waals surface area contributed by atoms with Gasteiger partial charge in [0, 0.05) is 5.39 Å². The molecule has 0 spiro atoms. The molecule has 0 fully saturated rings. The van der Waals surface area contributed by atoms with E-state index in [2.05, 4.69) is 41.7 Å². The maximum absolute atomic E-state index is 12.1. The Balaban J connectivity index is 1.24. The Morgan fingerprint density at radius 3 is 2.44 bits per heavy atom. The lowest BCUT2D eigenvalue weighted by Gasteiger charge is -2.08. The lowest BCUT2D eigenvalue weighted by Crippen LogP contribution is -2.24. The minimum absolute atomic E-state index is 0.114. The molecule has 0 unspecified atom stereocenters. The van der Waals surface area contributed by atoms with Crippen molar-refractivity contribution in [1.29, 1.82) is 0 Å². The van der Waals surface area contributed by atoms with Crippen LogP contribution in [0.2, 0.25) is 0 Å². The molecule has 5 nitrogen and oxygen atoms in total. The van der Waals surface area contributed by atoms with E-state index < -0.39 is 0 Å². The van der Waals surface area contributed by atoms with Crippen LogP contribution in [0.25, 0.3) is 10.8 Å². The molecule has 0 aromatic heterocycles. The molecule has 0 aliphatic rings. The van der Waals surface area contributed by atoms with Crippen LogP contribution in [0, 0.1) is 6.92 Å². The zero-order valence-corrected chi connectivity index (χ0v) is 17.8. The van der Waals surface area contributed by atoms with E-state index in [4.69, 9.17) is 9.47 Å². The summed E-state index contributed by atoms with van der Waals surface area (Å²) in [5, 5.41) is 6.04. The Morgan fingerprint density at radius 2 is 1.62 bits per heavy atom. The molecule has 0 bridgehead atoms. The average Bonchev–Trinajstić information content (AvgIpc) is 2.83. The molecule has 160 valence electrons. The number of ether oxygens (including phenoxy) is 2. The Bertz CT molecular complexity index is 1210. The van der Waals surface area contributed by atoms with Gasteiger partial charge in [0.1, 0.15) is 18.1 Å². The van der Waals surface area contributed by atoms with Gasteiger partial charge in [0.25, 0.3) is 5.91 Å². The molecule has 0 saturated heterocycles. The number of carbonyl (C=O) groups is 1. The Hall–Kier alpha value is -4.12. The van der Waals surface area contributed by atoms with E-state index in [1.165, 1.54) is 5.56 Å². The van der Waals surface area contributed by atoms with Gasteiger partial charge in [0.2, 0.25) is 0 Å². The van der Waals surface area contributed by atoms with E-state index in [1.807, 2.05) is 66.7 Å². The third-order valence-electron chi connectivity index (χ3n) is 4.92. The highest BCUT2D eigenvalue weighted by atomic mass is 16.5. The third kappa shape index (κ3) is 5.73. The fraction of sp³-hybridized carbons (Fsp3) is 0.111. The van der Waals surface area contributed by atoms with E-state index in [0.29, 0.717) is 12.4 Å². The summed E-state index contributed by atoms with van der Waals surface area (Å²) < 4.78 is 11.5. The molecule has 0 heterocycles. The highest BCUT2D eigenvalue weighted by Crippen LogP contribution is 2.24. The Labute approximate surface area is 187 Å². The summed E-state index contributed by atoms with van der Waals surface area (Å²) in [6.07, 6.45) is 1.58. The SMILES string of the molecule is Cc1ccc(COc2ccc(/C=N/NC(=O)COc3cccc4ccccc34)cc2)cc1. The van der Waals surface area contributed by atoms with Gasteiger partial charge >= 0.3 is 0 Å². The number of fused-ring (bicyclic) bond motifs is 1. The van der Waals surface area contributed by atoms with E-state index in [9.17, 15) is 4.79 Å². The molecule has 5 heteroatoms. The van der Waals surface area contributed by atoms with Gasteiger partial charge in [0.05, 0.1) is 6.21 Å². The number of hydrogen-bond acceptors (Lipinski definition) is 4. The second-order valence-electron chi connectivity index (χ2n) is 7.40. The standard InChI is InChI=1S/C27H24N2O3/c1-20-9-11-22(12-10-20)18-31-24-15-13-21(14-16-24)17-28-29-27(30)19-32-26-8-4-6-23-5-2-3-7-25(23)26/h2-17H,18-19H2,1H3,(H,29,30)/b28-17+. The highest BCUT2D eigenvalue weighted by molar-refractivity contribution is 5.89. The molecule has 4 aromatic carbocycles. The number of benzene rings is 4. The minimum atomic E-state index is -0.327. The van der Waals surface area contributed by atoms with Crippen LogP contribution >= 0.6 is 0 Å². The first kappa shape index (κ1) is 21.1. The van der Waals surface area contributed by atoms with Crippen LogP contribution in [-0.4, -0.2) is 18.7 Å². The molecular weight excluding hydrogens is 400 g/mol. The van der Waals surface area contributed by atoms with E-state index in [0.717, 1.165) is 27.6 Å². The topological polar surface area (TPSA) is 59.9 Å². The molecule has 0 aliphatic heterocycles. The minimum Gasteiger partial charge on any atom is -0.489 e. The van der Waals surface area contributed by atoms with Gasteiger partial charge in [-0.2, -0.15) is 5.10 Å². The summed E-state index contributed by atoms with van der Waals surface area (Å²) in [5.41, 5.74) is 5.69. The molecule has 4 aromatic rings. The van der Waals surface area contributed by atoms with Gasteiger partial charge in [-0.25, -0.2) is 5.43 Å². The molecule has 0 aliphatic carbocycles. The first-order chi connectivity index (χ1) is 15.7. The van der Waals surface area contributed by atoms with Gasteiger partial charge in [-0.3, -0.25) is 4.79 Å². The summed E-state index contributed by atoms with van der Waals surface area (Å²) in [6.45, 7) is 2.46. The predicted octanol–water partition coefficient (Wildman–Crippen LogP) is 5.26. The van der Waals surface area contributed by atoms with Gasteiger partial charge in [-0.15, -0.1) is 0 Å². The second kappa shape index (κ2) is 10.3. The number of hydrazone groups is 1. The quantitative estimate of drug-likeness (QED) is 0.310. The summed E-state index contributed by atoms with van der Waals surface area (Å²) >= 11 is 0. The number of rotatable bonds is 8. The van der Waals surface area contributed by atoms with Crippen LogP contribution in [0.3, 0.4) is 0 Å². The Morgan fingerprint density at radius 1 is 0.875 bits per heavy atom. The largest absolute Gasteiger partial charge is 0.489 e. The molecule has 1 N–H and O–H groups in total. The van der Waals surface area contributed by atoms with Crippen LogP contribution in [0.1, 0.15) is 16.7 Å². The van der Waals surface area contributed by atoms with E-state index in [-0.39, 0.29) is 12.5 Å². The highest BCUT2D eigenvalue weighted by Gasteiger charge is 2.05. The number of aryl methyl sites for hydroxylation is 1. The third-order valence-corrected chi connectivity index (χ3v) is 4.92. The van der Waals surface area contributed by atoms with Crippen LogP contribution in [-0.2, 0) is 11.4 Å². The molecular formula is C27H24N2O3. The van der Waals surface area contributed by atoms with Crippen molar-refractivity contribution in [1.82, 2.24) is 5.43 Å². The summed E-state index contributed by atoms with van der Waals surface area (Å²) in [7, 11) is 0. The normalized spacial score (nSPS) is 10.9. The zero-order chi connectivity index (χ0) is 22.2. The van der Waals surface area contributed by atoms with Crippen molar-refractivity contribution < 1.29 is 14.3 Å². The lowest BCUT2D eigenvalue weighted by atomic mass is 10.1. The first-order valence-corrected chi connectivity index (χ1v) is 10.4. The monoisotopic (exact) mass is 424 g/mol. The fourth-order valence-corrected chi connectivity index (χ4v) is 3.18.